The van der Waals surface area contributed by atoms with Gasteiger partial charge in [0.25, 0.3) is 0 Å². The number of likely N-dealkylation sites (tertiary alicyclic amines) is 1. The first kappa shape index (κ1) is 15.3. The van der Waals surface area contributed by atoms with Gasteiger partial charge in [0.15, 0.2) is 0 Å². The van der Waals surface area contributed by atoms with Crippen molar-refractivity contribution in [3.63, 3.8) is 0 Å². The summed E-state index contributed by atoms with van der Waals surface area (Å²) in [4.78, 5) is 2.59. The van der Waals surface area contributed by atoms with Gasteiger partial charge >= 0.3 is 0 Å². The quantitative estimate of drug-likeness (QED) is 0.822. The largest absolute Gasteiger partial charge is 0.317 e. The van der Waals surface area contributed by atoms with Crippen LogP contribution in [0.15, 0.2) is 0 Å². The molecule has 0 unspecified atom stereocenters. The van der Waals surface area contributed by atoms with Crippen LogP contribution in [0.1, 0.15) is 59.8 Å². The lowest BCUT2D eigenvalue weighted by Crippen LogP contribution is -2.61. The predicted molar refractivity (Wildman–Crippen MR) is 83.4 cm³/mol. The number of hydrogen-bond donors (Lipinski definition) is 1. The maximum Gasteiger partial charge on any atom is 0.00541 e. The molecule has 112 valence electrons. The molecule has 2 heterocycles. The Bertz CT molecular complexity index is 254. The molecule has 2 saturated heterocycles. The Morgan fingerprint density at radius 1 is 1.00 bits per heavy atom. The Kier molecular flexibility index (Phi) is 5.30. The fourth-order valence-electron chi connectivity index (χ4n) is 3.56. The molecule has 19 heavy (non-hydrogen) atoms. The molecule has 3 rings (SSSR count). The van der Waals surface area contributed by atoms with E-state index in [4.69, 9.17) is 0 Å². The highest BCUT2D eigenvalue weighted by atomic mass is 15.2. The third kappa shape index (κ3) is 3.95. The van der Waals surface area contributed by atoms with Gasteiger partial charge in [-0.05, 0) is 57.0 Å². The van der Waals surface area contributed by atoms with Gasteiger partial charge in [-0.25, -0.2) is 0 Å². The van der Waals surface area contributed by atoms with Crippen molar-refractivity contribution in [3.05, 3.63) is 0 Å². The minimum absolute atomic E-state index is 0.718. The van der Waals surface area contributed by atoms with Crippen LogP contribution in [0.4, 0.5) is 0 Å². The van der Waals surface area contributed by atoms with E-state index < -0.39 is 0 Å². The summed E-state index contributed by atoms with van der Waals surface area (Å²) in [5.74, 6) is 2.04. The monoisotopic (exact) mass is 266 g/mol. The second-order valence-corrected chi connectivity index (χ2v) is 7.68. The minimum atomic E-state index is 0.718. The molecule has 1 aliphatic carbocycles. The lowest BCUT2D eigenvalue weighted by Gasteiger charge is -2.54. The van der Waals surface area contributed by atoms with E-state index in [1.807, 2.05) is 0 Å². The maximum absolute atomic E-state index is 3.43. The standard InChI is InChI=1S/C10H20N2.C7H14/c1-9(2)12-7-10(8-12)3-5-11-6-4-10;1-6(2)7-4-3-5-7/h9,11H,3-8H2,1-2H3;6-7H,3-5H2,1-2H3. The van der Waals surface area contributed by atoms with Crippen molar-refractivity contribution in [2.24, 2.45) is 17.3 Å². The minimum Gasteiger partial charge on any atom is -0.317 e. The zero-order chi connectivity index (χ0) is 13.9. The molecule has 3 fully saturated rings. The first-order valence-corrected chi connectivity index (χ1v) is 8.47. The summed E-state index contributed by atoms with van der Waals surface area (Å²) in [6, 6.07) is 0.755. The molecular weight excluding hydrogens is 232 g/mol. The molecule has 3 aliphatic rings. The van der Waals surface area contributed by atoms with Crippen molar-refractivity contribution in [1.29, 1.82) is 0 Å². The molecule has 1 spiro atoms. The number of nitrogens with one attached hydrogen (secondary N) is 1. The summed E-state index contributed by atoms with van der Waals surface area (Å²) >= 11 is 0. The summed E-state index contributed by atoms with van der Waals surface area (Å²) in [6.45, 7) is 14.4. The van der Waals surface area contributed by atoms with E-state index >= 15 is 0 Å². The summed E-state index contributed by atoms with van der Waals surface area (Å²) in [7, 11) is 0. The van der Waals surface area contributed by atoms with Crippen molar-refractivity contribution in [3.8, 4) is 0 Å². The van der Waals surface area contributed by atoms with Crippen molar-refractivity contribution in [1.82, 2.24) is 10.2 Å². The highest BCUT2D eigenvalue weighted by Gasteiger charge is 2.43. The zero-order valence-corrected chi connectivity index (χ0v) is 13.5. The highest BCUT2D eigenvalue weighted by molar-refractivity contribution is 4.98. The van der Waals surface area contributed by atoms with Crippen LogP contribution in [-0.4, -0.2) is 37.1 Å². The van der Waals surface area contributed by atoms with Crippen LogP contribution in [0.3, 0.4) is 0 Å². The summed E-state index contributed by atoms with van der Waals surface area (Å²) in [5, 5.41) is 3.43. The number of rotatable bonds is 2. The molecule has 1 saturated carbocycles. The third-order valence-electron chi connectivity index (χ3n) is 5.56. The Morgan fingerprint density at radius 2 is 1.58 bits per heavy atom. The van der Waals surface area contributed by atoms with E-state index in [1.54, 1.807) is 0 Å². The summed E-state index contributed by atoms with van der Waals surface area (Å²) in [6.07, 6.45) is 7.28. The fraction of sp³-hybridized carbons (Fsp3) is 1.00. The van der Waals surface area contributed by atoms with E-state index in [0.717, 1.165) is 23.3 Å². The first-order valence-electron chi connectivity index (χ1n) is 8.47. The Hall–Kier alpha value is -0.0800. The van der Waals surface area contributed by atoms with Gasteiger partial charge in [-0.1, -0.05) is 33.1 Å². The van der Waals surface area contributed by atoms with Gasteiger partial charge in [0.1, 0.15) is 0 Å². The Labute approximate surface area is 120 Å². The van der Waals surface area contributed by atoms with Crippen molar-refractivity contribution in [2.45, 2.75) is 65.8 Å². The maximum atomic E-state index is 3.43. The molecule has 1 N–H and O–H groups in total. The van der Waals surface area contributed by atoms with Gasteiger partial charge in [0.05, 0.1) is 0 Å². The first-order chi connectivity index (χ1) is 9.02. The van der Waals surface area contributed by atoms with E-state index in [0.29, 0.717) is 0 Å². The molecule has 0 bridgehead atoms. The molecule has 0 atom stereocenters. The van der Waals surface area contributed by atoms with E-state index in [9.17, 15) is 0 Å². The van der Waals surface area contributed by atoms with Crippen LogP contribution < -0.4 is 5.32 Å². The van der Waals surface area contributed by atoms with E-state index in [1.165, 1.54) is 58.3 Å². The van der Waals surface area contributed by atoms with Crippen LogP contribution in [0.25, 0.3) is 0 Å². The van der Waals surface area contributed by atoms with Gasteiger partial charge in [0, 0.05) is 19.1 Å². The van der Waals surface area contributed by atoms with Crippen LogP contribution in [0.2, 0.25) is 0 Å². The Balaban J connectivity index is 0.000000163. The van der Waals surface area contributed by atoms with Gasteiger partial charge in [0.2, 0.25) is 0 Å². The van der Waals surface area contributed by atoms with E-state index in [2.05, 4.69) is 37.9 Å². The van der Waals surface area contributed by atoms with Crippen LogP contribution >= 0.6 is 0 Å². The topological polar surface area (TPSA) is 15.3 Å². The summed E-state index contributed by atoms with van der Waals surface area (Å²) < 4.78 is 0. The van der Waals surface area contributed by atoms with Gasteiger partial charge in [-0.15, -0.1) is 0 Å². The number of hydrogen-bond acceptors (Lipinski definition) is 2. The molecule has 0 aromatic heterocycles. The lowest BCUT2D eigenvalue weighted by molar-refractivity contribution is -0.0418. The number of piperidine rings is 1. The average molecular weight is 266 g/mol. The number of nitrogens with zero attached hydrogens (tertiary/aromatic N) is 1. The smallest absolute Gasteiger partial charge is 0.00541 e. The average Bonchev–Trinajstić information content (AvgIpc) is 2.24. The molecule has 0 aromatic rings. The molecule has 2 aliphatic heterocycles. The van der Waals surface area contributed by atoms with Gasteiger partial charge < -0.3 is 5.32 Å². The van der Waals surface area contributed by atoms with E-state index in [-0.39, 0.29) is 0 Å². The molecule has 0 aromatic carbocycles. The highest BCUT2D eigenvalue weighted by Crippen LogP contribution is 2.39. The van der Waals surface area contributed by atoms with Crippen molar-refractivity contribution in [2.75, 3.05) is 26.2 Å². The van der Waals surface area contributed by atoms with Crippen LogP contribution in [-0.2, 0) is 0 Å². The normalized spacial score (nSPS) is 26.8. The molecular formula is C17H34N2. The second-order valence-electron chi connectivity index (χ2n) is 7.68. The summed E-state index contributed by atoms with van der Waals surface area (Å²) in [5.41, 5.74) is 0.718. The SMILES string of the molecule is CC(C)C1CCC1.CC(C)N1CC2(CCNCC2)C1. The second kappa shape index (κ2) is 6.58. The van der Waals surface area contributed by atoms with Crippen molar-refractivity contribution >= 4 is 0 Å². The fourth-order valence-corrected chi connectivity index (χ4v) is 3.56. The predicted octanol–water partition coefficient (Wildman–Crippen LogP) is 3.52. The Morgan fingerprint density at radius 3 is 1.89 bits per heavy atom. The molecule has 0 radical (unpaired) electrons. The third-order valence-corrected chi connectivity index (χ3v) is 5.56. The van der Waals surface area contributed by atoms with Gasteiger partial charge in [-0.3, -0.25) is 4.90 Å². The lowest BCUT2D eigenvalue weighted by atomic mass is 9.72. The molecule has 2 nitrogen and oxygen atoms in total. The zero-order valence-electron chi connectivity index (χ0n) is 13.5. The molecule has 0 amide bonds. The molecule has 2 heteroatoms. The van der Waals surface area contributed by atoms with Crippen LogP contribution in [0, 0.1) is 17.3 Å². The van der Waals surface area contributed by atoms with Gasteiger partial charge in [-0.2, -0.15) is 0 Å². The van der Waals surface area contributed by atoms with Crippen LogP contribution in [0.5, 0.6) is 0 Å². The van der Waals surface area contributed by atoms with Crippen molar-refractivity contribution < 1.29 is 0 Å².